The molecular formula is C19H28F3IN4O2. The highest BCUT2D eigenvalue weighted by Gasteiger charge is 2.28. The molecule has 0 saturated carbocycles. The van der Waals surface area contributed by atoms with Crippen LogP contribution < -0.4 is 15.4 Å². The van der Waals surface area contributed by atoms with Crippen molar-refractivity contribution >= 4 is 35.8 Å². The van der Waals surface area contributed by atoms with Gasteiger partial charge in [0.15, 0.2) is 12.6 Å². The van der Waals surface area contributed by atoms with E-state index in [1.54, 1.807) is 18.2 Å². The van der Waals surface area contributed by atoms with Crippen molar-refractivity contribution in [2.24, 2.45) is 4.99 Å². The van der Waals surface area contributed by atoms with Crippen LogP contribution in [-0.2, 0) is 11.3 Å². The number of hydrogen-bond acceptors (Lipinski definition) is 3. The third-order valence-electron chi connectivity index (χ3n) is 4.18. The summed E-state index contributed by atoms with van der Waals surface area (Å²) in [7, 11) is 0. The average molecular weight is 528 g/mol. The summed E-state index contributed by atoms with van der Waals surface area (Å²) in [6.45, 7) is 3.61. The first-order valence-electron chi connectivity index (χ1n) is 9.46. The van der Waals surface area contributed by atoms with Gasteiger partial charge in [-0.15, -0.1) is 24.0 Å². The molecule has 1 aliphatic heterocycles. The van der Waals surface area contributed by atoms with E-state index in [4.69, 9.17) is 4.74 Å². The number of nitrogens with one attached hydrogen (secondary N) is 2. The van der Waals surface area contributed by atoms with Crippen molar-refractivity contribution in [1.29, 1.82) is 0 Å². The number of aliphatic imine (C=N–C) groups is 1. The Hall–Kier alpha value is -1.72. The zero-order chi connectivity index (χ0) is 20.4. The Morgan fingerprint density at radius 3 is 2.69 bits per heavy atom. The van der Waals surface area contributed by atoms with Crippen LogP contribution in [0.2, 0.25) is 0 Å². The molecule has 1 amide bonds. The van der Waals surface area contributed by atoms with Gasteiger partial charge in [0.2, 0.25) is 5.91 Å². The molecule has 2 rings (SSSR count). The number of likely N-dealkylation sites (tertiary alicyclic amines) is 1. The molecule has 6 nitrogen and oxygen atoms in total. The van der Waals surface area contributed by atoms with Gasteiger partial charge in [-0.25, -0.2) is 4.99 Å². The highest BCUT2D eigenvalue weighted by Crippen LogP contribution is 2.22. The second-order valence-electron chi connectivity index (χ2n) is 6.47. The quantitative estimate of drug-likeness (QED) is 0.224. The van der Waals surface area contributed by atoms with Crippen LogP contribution in [0.15, 0.2) is 29.3 Å². The first-order valence-corrected chi connectivity index (χ1v) is 9.46. The Morgan fingerprint density at radius 1 is 1.28 bits per heavy atom. The minimum absolute atomic E-state index is 0. The molecule has 0 unspecified atom stereocenters. The van der Waals surface area contributed by atoms with Crippen molar-refractivity contribution in [3.63, 3.8) is 0 Å². The summed E-state index contributed by atoms with van der Waals surface area (Å²) < 4.78 is 42.1. The molecule has 0 atom stereocenters. The smallest absolute Gasteiger partial charge is 0.422 e. The number of ether oxygens (including phenoxy) is 1. The number of guanidine groups is 1. The molecule has 1 aromatic rings. The second-order valence-corrected chi connectivity index (χ2v) is 6.47. The fourth-order valence-corrected chi connectivity index (χ4v) is 2.86. The number of carbonyl (C=O) groups excluding carboxylic acids is 1. The Morgan fingerprint density at radius 2 is 2.03 bits per heavy atom. The summed E-state index contributed by atoms with van der Waals surface area (Å²) >= 11 is 0. The van der Waals surface area contributed by atoms with E-state index in [1.165, 1.54) is 6.07 Å². The summed E-state index contributed by atoms with van der Waals surface area (Å²) in [4.78, 5) is 17.9. The van der Waals surface area contributed by atoms with Crippen molar-refractivity contribution in [2.75, 3.05) is 32.8 Å². The van der Waals surface area contributed by atoms with Crippen LogP contribution >= 0.6 is 24.0 Å². The molecule has 1 aromatic carbocycles. The van der Waals surface area contributed by atoms with E-state index in [2.05, 4.69) is 15.6 Å². The van der Waals surface area contributed by atoms with Gasteiger partial charge in [-0.05, 0) is 25.8 Å². The molecule has 2 N–H and O–H groups in total. The third-order valence-corrected chi connectivity index (χ3v) is 4.18. The standard InChI is InChI=1S/C19H27F3N4O2.HI/c1-2-23-18(24-10-6-12-26-11-5-9-17(26)27)25-13-15-7-3-4-8-16(15)28-14-19(20,21)22;/h3-4,7-8H,2,5-6,9-14H2,1H3,(H2,23,24,25);1H. The van der Waals surface area contributed by atoms with E-state index in [1.807, 2.05) is 11.8 Å². The van der Waals surface area contributed by atoms with Gasteiger partial charge in [-0.1, -0.05) is 18.2 Å². The Bertz CT molecular complexity index is 671. The average Bonchev–Trinajstić information content (AvgIpc) is 3.06. The minimum atomic E-state index is -4.39. The summed E-state index contributed by atoms with van der Waals surface area (Å²) in [5.74, 6) is 0.948. The number of halogens is 4. The molecule has 1 saturated heterocycles. The van der Waals surface area contributed by atoms with Crippen LogP contribution in [0.3, 0.4) is 0 Å². The van der Waals surface area contributed by atoms with Crippen molar-refractivity contribution in [3.05, 3.63) is 29.8 Å². The normalized spacial score (nSPS) is 14.6. The number of alkyl halides is 3. The van der Waals surface area contributed by atoms with E-state index in [0.717, 1.165) is 19.4 Å². The molecule has 10 heteroatoms. The number of benzene rings is 1. The molecule has 0 aromatic heterocycles. The van der Waals surface area contributed by atoms with Crippen LogP contribution in [0.1, 0.15) is 31.7 Å². The number of carbonyl (C=O) groups is 1. The number of para-hydroxylation sites is 1. The zero-order valence-electron chi connectivity index (χ0n) is 16.4. The summed E-state index contributed by atoms with van der Waals surface area (Å²) in [6, 6.07) is 6.56. The predicted molar refractivity (Wildman–Crippen MR) is 117 cm³/mol. The van der Waals surface area contributed by atoms with Crippen LogP contribution in [-0.4, -0.2) is 55.7 Å². The van der Waals surface area contributed by atoms with Crippen molar-refractivity contribution in [1.82, 2.24) is 15.5 Å². The lowest BCUT2D eigenvalue weighted by Crippen LogP contribution is -2.39. The monoisotopic (exact) mass is 528 g/mol. The molecule has 0 spiro atoms. The van der Waals surface area contributed by atoms with Crippen molar-refractivity contribution in [2.45, 2.75) is 38.9 Å². The molecule has 164 valence electrons. The van der Waals surface area contributed by atoms with E-state index < -0.39 is 12.8 Å². The van der Waals surface area contributed by atoms with Crippen LogP contribution in [0, 0.1) is 0 Å². The summed E-state index contributed by atoms with van der Waals surface area (Å²) in [5, 5.41) is 6.29. The van der Waals surface area contributed by atoms with Gasteiger partial charge in [0.1, 0.15) is 5.75 Å². The molecule has 0 aliphatic carbocycles. The van der Waals surface area contributed by atoms with Crippen LogP contribution in [0.4, 0.5) is 13.2 Å². The van der Waals surface area contributed by atoms with Gasteiger partial charge in [0.25, 0.3) is 0 Å². The zero-order valence-corrected chi connectivity index (χ0v) is 18.8. The van der Waals surface area contributed by atoms with E-state index >= 15 is 0 Å². The van der Waals surface area contributed by atoms with E-state index in [9.17, 15) is 18.0 Å². The fourth-order valence-electron chi connectivity index (χ4n) is 2.86. The second kappa shape index (κ2) is 12.8. The van der Waals surface area contributed by atoms with Crippen LogP contribution in [0.25, 0.3) is 0 Å². The van der Waals surface area contributed by atoms with Crippen LogP contribution in [0.5, 0.6) is 5.75 Å². The lowest BCUT2D eigenvalue weighted by atomic mass is 10.2. The van der Waals surface area contributed by atoms with Gasteiger partial charge in [0, 0.05) is 38.2 Å². The summed E-state index contributed by atoms with van der Waals surface area (Å²) in [6.07, 6.45) is -2.04. The Balaban J connectivity index is 0.00000420. The largest absolute Gasteiger partial charge is 0.484 e. The number of rotatable bonds is 9. The maximum Gasteiger partial charge on any atom is 0.422 e. The molecule has 1 heterocycles. The lowest BCUT2D eigenvalue weighted by Gasteiger charge is -2.16. The van der Waals surface area contributed by atoms with E-state index in [0.29, 0.717) is 37.6 Å². The molecule has 29 heavy (non-hydrogen) atoms. The third kappa shape index (κ3) is 9.55. The van der Waals surface area contributed by atoms with Gasteiger partial charge < -0.3 is 20.3 Å². The first-order chi connectivity index (χ1) is 13.4. The van der Waals surface area contributed by atoms with Crippen molar-refractivity contribution in [3.8, 4) is 5.75 Å². The fraction of sp³-hybridized carbons (Fsp3) is 0.579. The lowest BCUT2D eigenvalue weighted by molar-refractivity contribution is -0.153. The Labute approximate surface area is 186 Å². The molecule has 1 aliphatic rings. The van der Waals surface area contributed by atoms with Gasteiger partial charge in [-0.3, -0.25) is 4.79 Å². The minimum Gasteiger partial charge on any atom is -0.484 e. The molecule has 1 fully saturated rings. The van der Waals surface area contributed by atoms with Gasteiger partial charge in [-0.2, -0.15) is 13.2 Å². The first kappa shape index (κ1) is 25.3. The topological polar surface area (TPSA) is 66.0 Å². The van der Waals surface area contributed by atoms with Crippen molar-refractivity contribution < 1.29 is 22.7 Å². The Kier molecular flexibility index (Phi) is 11.1. The van der Waals surface area contributed by atoms with Gasteiger partial charge in [0.05, 0.1) is 6.54 Å². The van der Waals surface area contributed by atoms with Gasteiger partial charge >= 0.3 is 6.18 Å². The maximum atomic E-state index is 12.4. The highest BCUT2D eigenvalue weighted by molar-refractivity contribution is 14.0. The number of amides is 1. The highest BCUT2D eigenvalue weighted by atomic mass is 127. The molecular weight excluding hydrogens is 500 g/mol. The number of hydrogen-bond donors (Lipinski definition) is 2. The SMILES string of the molecule is CCNC(=NCc1ccccc1OCC(F)(F)F)NCCCN1CCCC1=O.I. The molecule has 0 radical (unpaired) electrons. The maximum absolute atomic E-state index is 12.4. The predicted octanol–water partition coefficient (Wildman–Crippen LogP) is 3.31. The van der Waals surface area contributed by atoms with E-state index in [-0.39, 0.29) is 42.2 Å². The number of nitrogens with zero attached hydrogens (tertiary/aromatic N) is 2. The molecule has 0 bridgehead atoms. The summed E-state index contributed by atoms with van der Waals surface area (Å²) in [5.41, 5.74) is 0.576.